The van der Waals surface area contributed by atoms with Crippen molar-refractivity contribution in [2.75, 3.05) is 25.5 Å². The van der Waals surface area contributed by atoms with Crippen molar-refractivity contribution >= 4 is 29.0 Å². The van der Waals surface area contributed by atoms with E-state index in [4.69, 9.17) is 16.3 Å². The molecule has 1 fully saturated rings. The molecule has 6 heteroatoms. The first kappa shape index (κ1) is 19.5. The molecule has 3 aliphatic rings. The van der Waals surface area contributed by atoms with Gasteiger partial charge in [0.2, 0.25) is 0 Å². The Labute approximate surface area is 190 Å². The molecular formula is C26H21ClN2O3. The fraction of sp³-hybridized carbons (Fsp3) is 0.231. The number of amides is 1. The SMILES string of the molecule is CN1C[C@H](c2ccccc2Cl)[C@]2(COc3ccccc3C2=O)[C@]12C(=O)Nc1ccccc12. The molecule has 160 valence electrons. The predicted octanol–water partition coefficient (Wildman–Crippen LogP) is 4.48. The first-order valence-corrected chi connectivity index (χ1v) is 11.0. The number of carbonyl (C=O) groups is 2. The zero-order valence-corrected chi connectivity index (χ0v) is 18.2. The lowest BCUT2D eigenvalue weighted by Crippen LogP contribution is -2.62. The molecule has 3 aromatic rings. The van der Waals surface area contributed by atoms with Crippen molar-refractivity contribution in [3.8, 4) is 5.75 Å². The van der Waals surface area contributed by atoms with Crippen molar-refractivity contribution in [2.24, 2.45) is 5.41 Å². The lowest BCUT2D eigenvalue weighted by atomic mass is 9.57. The van der Waals surface area contributed by atoms with Crippen molar-refractivity contribution in [3.63, 3.8) is 0 Å². The average molecular weight is 445 g/mol. The van der Waals surface area contributed by atoms with Gasteiger partial charge < -0.3 is 10.1 Å². The quantitative estimate of drug-likeness (QED) is 0.601. The van der Waals surface area contributed by atoms with E-state index < -0.39 is 11.0 Å². The fourth-order valence-electron chi connectivity index (χ4n) is 6.15. The molecule has 0 unspecified atom stereocenters. The maximum Gasteiger partial charge on any atom is 0.250 e. The van der Waals surface area contributed by atoms with E-state index in [2.05, 4.69) is 5.32 Å². The van der Waals surface area contributed by atoms with Crippen LogP contribution < -0.4 is 10.1 Å². The number of halogens is 1. The van der Waals surface area contributed by atoms with Crippen molar-refractivity contribution in [2.45, 2.75) is 11.5 Å². The number of carbonyl (C=O) groups excluding carboxylic acids is 2. The second-order valence-electron chi connectivity index (χ2n) is 8.75. The van der Waals surface area contributed by atoms with E-state index in [9.17, 15) is 9.59 Å². The largest absolute Gasteiger partial charge is 0.492 e. The Morgan fingerprint density at radius 3 is 2.56 bits per heavy atom. The highest BCUT2D eigenvalue weighted by atomic mass is 35.5. The highest BCUT2D eigenvalue weighted by molar-refractivity contribution is 6.31. The summed E-state index contributed by atoms with van der Waals surface area (Å²) in [6.45, 7) is 0.577. The third-order valence-corrected chi connectivity index (χ3v) is 7.78. The Kier molecular flexibility index (Phi) is 4.07. The lowest BCUT2D eigenvalue weighted by Gasteiger charge is -2.47. The topological polar surface area (TPSA) is 58.6 Å². The van der Waals surface area contributed by atoms with E-state index in [0.29, 0.717) is 22.9 Å². The number of para-hydroxylation sites is 2. The summed E-state index contributed by atoms with van der Waals surface area (Å²) in [6.07, 6.45) is 0. The van der Waals surface area contributed by atoms with Gasteiger partial charge in [-0.15, -0.1) is 0 Å². The van der Waals surface area contributed by atoms with Crippen LogP contribution in [0.2, 0.25) is 5.02 Å². The number of anilines is 1. The second kappa shape index (κ2) is 6.67. The molecular weight excluding hydrogens is 424 g/mol. The van der Waals surface area contributed by atoms with Gasteiger partial charge in [0, 0.05) is 28.7 Å². The van der Waals surface area contributed by atoms with E-state index in [1.165, 1.54) is 0 Å². The minimum Gasteiger partial charge on any atom is -0.492 e. The van der Waals surface area contributed by atoms with E-state index in [1.807, 2.05) is 72.6 Å². The minimum absolute atomic E-state index is 0.0829. The molecule has 1 N–H and O–H groups in total. The van der Waals surface area contributed by atoms with Crippen LogP contribution in [0.25, 0.3) is 0 Å². The average Bonchev–Trinajstić information content (AvgIpc) is 3.25. The minimum atomic E-state index is -1.21. The number of hydrogen-bond donors (Lipinski definition) is 1. The zero-order chi connectivity index (χ0) is 22.1. The first-order valence-electron chi connectivity index (χ1n) is 10.6. The summed E-state index contributed by atoms with van der Waals surface area (Å²) in [5, 5.41) is 3.63. The van der Waals surface area contributed by atoms with Crippen LogP contribution in [0.5, 0.6) is 5.75 Å². The molecule has 1 amide bonds. The summed E-state index contributed by atoms with van der Waals surface area (Å²) < 4.78 is 6.25. The highest BCUT2D eigenvalue weighted by Gasteiger charge is 2.75. The number of ether oxygens (including phenoxy) is 1. The van der Waals surface area contributed by atoms with Crippen LogP contribution in [0.3, 0.4) is 0 Å². The van der Waals surface area contributed by atoms with Gasteiger partial charge in [-0.3, -0.25) is 14.5 Å². The summed E-state index contributed by atoms with van der Waals surface area (Å²) >= 11 is 6.66. The van der Waals surface area contributed by atoms with E-state index >= 15 is 0 Å². The summed E-state index contributed by atoms with van der Waals surface area (Å²) in [6, 6.07) is 22.5. The molecule has 3 aliphatic heterocycles. The second-order valence-corrected chi connectivity index (χ2v) is 9.16. The van der Waals surface area contributed by atoms with Gasteiger partial charge in [-0.05, 0) is 36.9 Å². The molecule has 3 heterocycles. The monoisotopic (exact) mass is 444 g/mol. The predicted molar refractivity (Wildman–Crippen MR) is 122 cm³/mol. The maximum atomic E-state index is 14.5. The van der Waals surface area contributed by atoms with Crippen LogP contribution in [-0.4, -0.2) is 36.8 Å². The lowest BCUT2D eigenvalue weighted by molar-refractivity contribution is -0.131. The van der Waals surface area contributed by atoms with Crippen LogP contribution in [-0.2, 0) is 10.3 Å². The van der Waals surface area contributed by atoms with Gasteiger partial charge in [-0.25, -0.2) is 0 Å². The van der Waals surface area contributed by atoms with Gasteiger partial charge in [-0.2, -0.15) is 0 Å². The van der Waals surface area contributed by atoms with Crippen LogP contribution in [0.1, 0.15) is 27.4 Å². The van der Waals surface area contributed by atoms with Gasteiger partial charge in [0.15, 0.2) is 5.78 Å². The van der Waals surface area contributed by atoms with Gasteiger partial charge in [0.25, 0.3) is 5.91 Å². The van der Waals surface area contributed by atoms with E-state index in [1.54, 1.807) is 12.1 Å². The summed E-state index contributed by atoms with van der Waals surface area (Å²) in [5.74, 6) is -0.0658. The molecule has 0 aromatic heterocycles. The number of Topliss-reactive ketones (excluding diaryl/α,β-unsaturated/α-hetero) is 1. The first-order chi connectivity index (χ1) is 15.5. The number of likely N-dealkylation sites (N-methyl/N-ethyl adjacent to an activating group) is 1. The highest BCUT2D eigenvalue weighted by Crippen LogP contribution is 2.64. The molecule has 32 heavy (non-hydrogen) atoms. The van der Waals surface area contributed by atoms with Crippen LogP contribution in [0.4, 0.5) is 5.69 Å². The van der Waals surface area contributed by atoms with Crippen molar-refractivity contribution < 1.29 is 14.3 Å². The van der Waals surface area contributed by atoms with Crippen molar-refractivity contribution in [3.05, 3.63) is 94.5 Å². The van der Waals surface area contributed by atoms with Crippen LogP contribution in [0, 0.1) is 5.41 Å². The molecule has 0 radical (unpaired) electrons. The van der Waals surface area contributed by atoms with Gasteiger partial charge in [0.05, 0.1) is 5.56 Å². The maximum absolute atomic E-state index is 14.5. The molecule has 3 aromatic carbocycles. The molecule has 2 spiro atoms. The number of benzene rings is 3. The van der Waals surface area contributed by atoms with E-state index in [-0.39, 0.29) is 24.2 Å². The van der Waals surface area contributed by atoms with E-state index in [0.717, 1.165) is 16.8 Å². The normalized spacial score (nSPS) is 28.5. The Balaban J connectivity index is 1.69. The number of nitrogens with zero attached hydrogens (tertiary/aromatic N) is 1. The molecule has 0 bridgehead atoms. The Bertz CT molecular complexity index is 1290. The standard InChI is InChI=1S/C26H21ClN2O3/c1-29-14-19(16-8-2-5-11-20(16)27)25(15-32-22-13-7-3-9-17(22)23(25)30)26(29)18-10-4-6-12-21(18)28-24(26)31/h2-13,19H,14-15H2,1H3,(H,28,31)/t19-,25+,26+/m1/s1. The molecule has 0 aliphatic carbocycles. The number of likely N-dealkylation sites (tertiary alicyclic amines) is 1. The summed E-state index contributed by atoms with van der Waals surface area (Å²) in [4.78, 5) is 30.3. The third kappa shape index (κ3) is 2.17. The van der Waals surface area contributed by atoms with Gasteiger partial charge >= 0.3 is 0 Å². The third-order valence-electron chi connectivity index (χ3n) is 7.44. The van der Waals surface area contributed by atoms with Gasteiger partial charge in [-0.1, -0.05) is 60.1 Å². The molecule has 5 nitrogen and oxygen atoms in total. The smallest absolute Gasteiger partial charge is 0.250 e. The molecule has 6 rings (SSSR count). The zero-order valence-electron chi connectivity index (χ0n) is 17.5. The fourth-order valence-corrected chi connectivity index (χ4v) is 6.42. The molecule has 0 saturated carbocycles. The number of nitrogens with one attached hydrogen (secondary N) is 1. The Morgan fingerprint density at radius 2 is 1.72 bits per heavy atom. The number of fused-ring (bicyclic) bond motifs is 4. The van der Waals surface area contributed by atoms with Crippen molar-refractivity contribution in [1.29, 1.82) is 0 Å². The Hall–Kier alpha value is -3.15. The molecule has 1 saturated heterocycles. The van der Waals surface area contributed by atoms with Crippen LogP contribution >= 0.6 is 11.6 Å². The summed E-state index contributed by atoms with van der Waals surface area (Å²) in [7, 11) is 1.91. The van der Waals surface area contributed by atoms with Crippen molar-refractivity contribution in [1.82, 2.24) is 4.90 Å². The summed E-state index contributed by atoms with van der Waals surface area (Å²) in [5.41, 5.74) is 0.498. The molecule has 3 atom stereocenters. The number of hydrogen-bond acceptors (Lipinski definition) is 4. The Morgan fingerprint density at radius 1 is 1.00 bits per heavy atom. The number of ketones is 1. The van der Waals surface area contributed by atoms with Crippen LogP contribution in [0.15, 0.2) is 72.8 Å². The number of rotatable bonds is 1. The van der Waals surface area contributed by atoms with Gasteiger partial charge in [0.1, 0.15) is 23.3 Å².